The van der Waals surface area contributed by atoms with Crippen LogP contribution in [-0.4, -0.2) is 127 Å². The van der Waals surface area contributed by atoms with Gasteiger partial charge in [-0.2, -0.15) is 13.2 Å². The van der Waals surface area contributed by atoms with Crippen molar-refractivity contribution in [1.82, 2.24) is 24.7 Å². The highest BCUT2D eigenvalue weighted by molar-refractivity contribution is 6.23. The summed E-state index contributed by atoms with van der Waals surface area (Å²) in [7, 11) is 0. The van der Waals surface area contributed by atoms with Crippen LogP contribution in [0.4, 0.5) is 19.1 Å². The fourth-order valence-electron chi connectivity index (χ4n) is 9.32. The van der Waals surface area contributed by atoms with E-state index in [4.69, 9.17) is 28.7 Å². The molecular formula is C49H57F3N6O10. The summed E-state index contributed by atoms with van der Waals surface area (Å²) in [5.41, 5.74) is 2.09. The summed E-state index contributed by atoms with van der Waals surface area (Å²) in [5, 5.41) is 5.03. The number of nitrogens with zero attached hydrogens (tertiary/aromatic N) is 4. The number of aromatic nitrogens is 2. The molecule has 2 saturated heterocycles. The standard InChI is InChI=1S/C49H57F3N6O10/c50-49(51,52)35-6-4-5-34(28-35)44(60)55-48-53-40-27-33(30-56-17-2-1-3-18-56)9-14-41(40)57(48)36-10-7-32(8-11-36)31-67-24-23-65-20-19-64-21-22-66-25-26-68-37-12-13-38-39(29-37)47(63)58(46(38)62)42-15-16-43(59)54-45(42)61/h4-6,9,12-14,27-29,32,36,42H,1-3,7-8,10-11,15-26,30-31H2,(H,53,55,60)(H,54,59,61)/t32-,36+,42?. The van der Waals surface area contributed by atoms with Gasteiger partial charge in [0.15, 0.2) is 0 Å². The van der Waals surface area contributed by atoms with Crippen LogP contribution < -0.4 is 15.4 Å². The number of ether oxygens (including phenoxy) is 5. The van der Waals surface area contributed by atoms with E-state index in [1.165, 1.54) is 43.5 Å². The van der Waals surface area contributed by atoms with Crippen molar-refractivity contribution in [3.05, 3.63) is 88.5 Å². The summed E-state index contributed by atoms with van der Waals surface area (Å²) < 4.78 is 71.0. The SMILES string of the molecule is O=C1CCC(N2C(=O)c3ccc(OCCOCCOCCOCCOC[C@H]4CC[C@@H](n5c(NC(=O)c6cccc(C(F)(F)F)c6)nc6cc(CN7CCCCC7)ccc65)CC4)cc3C2=O)C(=O)N1. The predicted octanol–water partition coefficient (Wildman–Crippen LogP) is 6.57. The smallest absolute Gasteiger partial charge is 0.416 e. The number of hydrogen-bond acceptors (Lipinski definition) is 12. The molecule has 5 amide bonds. The second kappa shape index (κ2) is 22.6. The van der Waals surface area contributed by atoms with Gasteiger partial charge in [-0.1, -0.05) is 18.6 Å². The number of anilines is 1. The van der Waals surface area contributed by atoms with Crippen molar-refractivity contribution in [3.63, 3.8) is 0 Å². The maximum Gasteiger partial charge on any atom is 0.416 e. The van der Waals surface area contributed by atoms with Crippen molar-refractivity contribution in [1.29, 1.82) is 0 Å². The first kappa shape index (κ1) is 48.7. The molecule has 1 aliphatic carbocycles. The highest BCUT2D eigenvalue weighted by atomic mass is 19.4. The molecule has 2 N–H and O–H groups in total. The molecule has 364 valence electrons. The summed E-state index contributed by atoms with van der Waals surface area (Å²) in [6.45, 7) is 6.27. The van der Waals surface area contributed by atoms with Crippen LogP contribution in [0.2, 0.25) is 0 Å². The largest absolute Gasteiger partial charge is 0.491 e. The summed E-state index contributed by atoms with van der Waals surface area (Å²) >= 11 is 0. The number of likely N-dealkylation sites (tertiary alicyclic amines) is 1. The van der Waals surface area contributed by atoms with Crippen LogP contribution in [0, 0.1) is 5.92 Å². The maximum absolute atomic E-state index is 13.5. The summed E-state index contributed by atoms with van der Waals surface area (Å²) in [6.07, 6.45) is 2.59. The molecular weight excluding hydrogens is 890 g/mol. The van der Waals surface area contributed by atoms with Gasteiger partial charge in [0.1, 0.15) is 18.4 Å². The highest BCUT2D eigenvalue weighted by Gasteiger charge is 2.45. The number of imide groups is 2. The lowest BCUT2D eigenvalue weighted by Crippen LogP contribution is -2.54. The van der Waals surface area contributed by atoms with Gasteiger partial charge >= 0.3 is 6.18 Å². The first-order valence-corrected chi connectivity index (χ1v) is 23.4. The molecule has 1 saturated carbocycles. The van der Waals surface area contributed by atoms with Crippen molar-refractivity contribution >= 4 is 46.5 Å². The second-order valence-corrected chi connectivity index (χ2v) is 17.6. The quantitative estimate of drug-likeness (QED) is 0.0679. The van der Waals surface area contributed by atoms with Crippen molar-refractivity contribution in [3.8, 4) is 5.75 Å². The van der Waals surface area contributed by atoms with E-state index in [2.05, 4.69) is 32.2 Å². The highest BCUT2D eigenvalue weighted by Crippen LogP contribution is 2.38. The van der Waals surface area contributed by atoms with Gasteiger partial charge < -0.3 is 28.3 Å². The Bertz CT molecular complexity index is 2450. The van der Waals surface area contributed by atoms with Gasteiger partial charge in [-0.3, -0.25) is 44.4 Å². The van der Waals surface area contributed by atoms with Crippen LogP contribution in [0.3, 0.4) is 0 Å². The fraction of sp³-hybridized carbons (Fsp3) is 0.510. The van der Waals surface area contributed by atoms with E-state index in [-0.39, 0.29) is 48.8 Å². The first-order valence-electron chi connectivity index (χ1n) is 23.4. The number of imidazole rings is 1. The fourth-order valence-corrected chi connectivity index (χ4v) is 9.32. The van der Waals surface area contributed by atoms with Crippen molar-refractivity contribution < 1.29 is 60.8 Å². The minimum Gasteiger partial charge on any atom is -0.491 e. The van der Waals surface area contributed by atoms with Crippen molar-refractivity contribution in [2.75, 3.05) is 77.9 Å². The number of nitrogens with one attached hydrogen (secondary N) is 2. The van der Waals surface area contributed by atoms with Crippen molar-refractivity contribution in [2.45, 2.75) is 82.6 Å². The zero-order valence-electron chi connectivity index (χ0n) is 37.9. The molecule has 0 spiro atoms. The Labute approximate surface area is 391 Å². The van der Waals surface area contributed by atoms with Crippen LogP contribution in [0.25, 0.3) is 11.0 Å². The third-order valence-corrected chi connectivity index (χ3v) is 12.8. The number of alkyl halides is 3. The lowest BCUT2D eigenvalue weighted by Gasteiger charge is -2.30. The number of hydrogen-bond donors (Lipinski definition) is 2. The number of carbonyl (C=O) groups excluding carboxylic acids is 5. The van der Waals surface area contributed by atoms with Gasteiger partial charge in [0.25, 0.3) is 17.7 Å². The van der Waals surface area contributed by atoms with Gasteiger partial charge in [-0.15, -0.1) is 0 Å². The molecule has 8 rings (SSSR count). The van der Waals surface area contributed by atoms with Gasteiger partial charge in [-0.05, 0) is 118 Å². The molecule has 4 heterocycles. The number of piperidine rings is 2. The Kier molecular flexibility index (Phi) is 16.2. The van der Waals surface area contributed by atoms with E-state index in [0.29, 0.717) is 63.9 Å². The number of benzene rings is 3. The predicted molar refractivity (Wildman–Crippen MR) is 241 cm³/mol. The Morgan fingerprint density at radius 1 is 0.750 bits per heavy atom. The van der Waals surface area contributed by atoms with E-state index in [1.807, 2.05) is 6.07 Å². The van der Waals surface area contributed by atoms with Gasteiger partial charge in [-0.25, -0.2) is 4.98 Å². The summed E-state index contributed by atoms with van der Waals surface area (Å²) in [4.78, 5) is 71.3. The molecule has 19 heteroatoms. The Morgan fingerprint density at radius 3 is 2.15 bits per heavy atom. The molecule has 3 fully saturated rings. The Balaban J connectivity index is 0.706. The van der Waals surface area contributed by atoms with Crippen LogP contribution >= 0.6 is 0 Å². The zero-order valence-corrected chi connectivity index (χ0v) is 37.9. The molecule has 68 heavy (non-hydrogen) atoms. The third-order valence-electron chi connectivity index (χ3n) is 12.8. The molecule has 1 unspecified atom stereocenters. The van der Waals surface area contributed by atoms with Gasteiger partial charge in [0.2, 0.25) is 17.8 Å². The van der Waals surface area contributed by atoms with Crippen LogP contribution in [0.15, 0.2) is 60.7 Å². The topological polar surface area (TPSA) is 180 Å². The molecule has 1 atom stereocenters. The average molecular weight is 947 g/mol. The normalized spacial score (nSPS) is 20.2. The first-order chi connectivity index (χ1) is 32.9. The molecule has 1 aromatic heterocycles. The molecule has 3 aliphatic heterocycles. The zero-order chi connectivity index (χ0) is 47.6. The lowest BCUT2D eigenvalue weighted by molar-refractivity contribution is -0.138. The number of fused-ring (bicyclic) bond motifs is 2. The lowest BCUT2D eigenvalue weighted by atomic mass is 9.86. The molecule has 4 aromatic rings. The minimum absolute atomic E-state index is 0.0311. The molecule has 0 bridgehead atoms. The average Bonchev–Trinajstić information content (AvgIpc) is 3.80. The van der Waals surface area contributed by atoms with E-state index in [9.17, 15) is 37.1 Å². The number of rotatable bonds is 21. The monoisotopic (exact) mass is 946 g/mol. The van der Waals surface area contributed by atoms with Crippen LogP contribution in [0.1, 0.15) is 106 Å². The van der Waals surface area contributed by atoms with Crippen LogP contribution in [-0.2, 0) is 41.3 Å². The number of amides is 5. The minimum atomic E-state index is -4.57. The molecule has 4 aliphatic rings. The third kappa shape index (κ3) is 12.1. The molecule has 0 radical (unpaired) electrons. The van der Waals surface area contributed by atoms with Gasteiger partial charge in [0.05, 0.1) is 74.0 Å². The van der Waals surface area contributed by atoms with E-state index >= 15 is 0 Å². The molecule has 3 aromatic carbocycles. The van der Waals surface area contributed by atoms with E-state index < -0.39 is 47.3 Å². The molecule has 16 nitrogen and oxygen atoms in total. The summed E-state index contributed by atoms with van der Waals surface area (Å²) in [5.74, 6) is -1.88. The van der Waals surface area contributed by atoms with Crippen molar-refractivity contribution in [2.24, 2.45) is 5.92 Å². The Hall–Kier alpha value is -5.73. The number of carbonyl (C=O) groups is 5. The van der Waals surface area contributed by atoms with Gasteiger partial charge in [0, 0.05) is 31.2 Å². The number of halogens is 3. The summed E-state index contributed by atoms with van der Waals surface area (Å²) in [6, 6.07) is 14.2. The van der Waals surface area contributed by atoms with E-state index in [1.54, 1.807) is 6.07 Å². The van der Waals surface area contributed by atoms with Crippen LogP contribution in [0.5, 0.6) is 5.75 Å². The Morgan fingerprint density at radius 2 is 1.44 bits per heavy atom. The maximum atomic E-state index is 13.5. The second-order valence-electron chi connectivity index (χ2n) is 17.6. The van der Waals surface area contributed by atoms with E-state index in [0.717, 1.165) is 78.9 Å².